The number of hydrogen-bond donors (Lipinski definition) is 2. The first-order valence-corrected chi connectivity index (χ1v) is 5.43. The van der Waals surface area contributed by atoms with Gasteiger partial charge in [-0.2, -0.15) is 0 Å². The van der Waals surface area contributed by atoms with Gasteiger partial charge in [-0.25, -0.2) is 8.78 Å². The minimum Gasteiger partial charge on any atom is -0.314 e. The van der Waals surface area contributed by atoms with Crippen molar-refractivity contribution in [3.05, 3.63) is 0 Å². The number of halogens is 2. The van der Waals surface area contributed by atoms with E-state index < -0.39 is 6.43 Å². The molecule has 1 heterocycles. The van der Waals surface area contributed by atoms with E-state index in [0.29, 0.717) is 6.04 Å². The molecule has 2 nitrogen and oxygen atoms in total. The zero-order valence-corrected chi connectivity index (χ0v) is 8.73. The van der Waals surface area contributed by atoms with Crippen LogP contribution >= 0.6 is 0 Å². The summed E-state index contributed by atoms with van der Waals surface area (Å²) in [7, 11) is 0. The summed E-state index contributed by atoms with van der Waals surface area (Å²) in [5, 5.41) is 6.25. The van der Waals surface area contributed by atoms with Crippen LogP contribution in [0.4, 0.5) is 8.78 Å². The zero-order chi connectivity index (χ0) is 10.4. The fraction of sp³-hybridized carbons (Fsp3) is 1.00. The number of nitrogens with one attached hydrogen (secondary N) is 2. The van der Waals surface area contributed by atoms with Gasteiger partial charge in [0.2, 0.25) is 0 Å². The molecule has 0 aromatic heterocycles. The van der Waals surface area contributed by atoms with Crippen LogP contribution < -0.4 is 10.6 Å². The van der Waals surface area contributed by atoms with E-state index in [4.69, 9.17) is 0 Å². The van der Waals surface area contributed by atoms with Crippen molar-refractivity contribution in [3.63, 3.8) is 0 Å². The lowest BCUT2D eigenvalue weighted by Gasteiger charge is -2.26. The molecular formula is C10H20F2N2. The molecule has 1 aliphatic heterocycles. The van der Waals surface area contributed by atoms with Crippen molar-refractivity contribution in [3.8, 4) is 0 Å². The predicted molar refractivity (Wildman–Crippen MR) is 53.7 cm³/mol. The van der Waals surface area contributed by atoms with E-state index in [9.17, 15) is 8.78 Å². The van der Waals surface area contributed by atoms with Crippen LogP contribution in [0.15, 0.2) is 0 Å². The molecule has 0 bridgehead atoms. The van der Waals surface area contributed by atoms with Crippen LogP contribution in [-0.4, -0.2) is 31.6 Å². The molecule has 0 aromatic carbocycles. The van der Waals surface area contributed by atoms with E-state index in [0.717, 1.165) is 13.0 Å². The molecular weight excluding hydrogens is 186 g/mol. The van der Waals surface area contributed by atoms with Crippen LogP contribution in [-0.2, 0) is 0 Å². The Labute approximate surface area is 84.4 Å². The van der Waals surface area contributed by atoms with E-state index in [1.807, 2.05) is 6.92 Å². The van der Waals surface area contributed by atoms with E-state index in [-0.39, 0.29) is 12.6 Å². The minimum absolute atomic E-state index is 0.180. The van der Waals surface area contributed by atoms with Crippen molar-refractivity contribution in [1.29, 1.82) is 0 Å². The topological polar surface area (TPSA) is 24.1 Å². The lowest BCUT2D eigenvalue weighted by molar-refractivity contribution is 0.140. The minimum atomic E-state index is -2.24. The summed E-state index contributed by atoms with van der Waals surface area (Å²) >= 11 is 0. The molecule has 84 valence electrons. The average molecular weight is 206 g/mol. The van der Waals surface area contributed by atoms with Gasteiger partial charge in [0.15, 0.2) is 0 Å². The number of alkyl halides is 2. The first-order valence-electron chi connectivity index (χ1n) is 5.43. The summed E-state index contributed by atoms with van der Waals surface area (Å²) in [5.74, 6) is 0. The normalized spacial score (nSPS) is 25.3. The molecule has 0 spiro atoms. The third-order valence-electron chi connectivity index (χ3n) is 2.67. The van der Waals surface area contributed by atoms with Crippen LogP contribution in [0.25, 0.3) is 0 Å². The molecule has 0 saturated carbocycles. The maximum absolute atomic E-state index is 11.9. The Bertz CT molecular complexity index is 147. The van der Waals surface area contributed by atoms with Crippen molar-refractivity contribution in [2.75, 3.05) is 13.1 Å². The summed E-state index contributed by atoms with van der Waals surface area (Å²) in [6.45, 7) is 2.86. The largest absolute Gasteiger partial charge is 0.314 e. The molecule has 1 fully saturated rings. The van der Waals surface area contributed by atoms with E-state index in [2.05, 4.69) is 10.6 Å². The monoisotopic (exact) mass is 206 g/mol. The van der Waals surface area contributed by atoms with Gasteiger partial charge in [0.05, 0.1) is 6.54 Å². The summed E-state index contributed by atoms with van der Waals surface area (Å²) in [6.07, 6.45) is 2.40. The second-order valence-electron chi connectivity index (χ2n) is 4.08. The molecule has 2 atom stereocenters. The van der Waals surface area contributed by atoms with Crippen molar-refractivity contribution >= 4 is 0 Å². The van der Waals surface area contributed by atoms with Crippen LogP contribution in [0.5, 0.6) is 0 Å². The Morgan fingerprint density at radius 3 is 2.79 bits per heavy atom. The van der Waals surface area contributed by atoms with E-state index >= 15 is 0 Å². The van der Waals surface area contributed by atoms with Crippen LogP contribution in [0, 0.1) is 0 Å². The summed E-state index contributed by atoms with van der Waals surface area (Å²) < 4.78 is 23.8. The molecule has 0 aromatic rings. The smallest absolute Gasteiger partial charge is 0.250 e. The lowest BCUT2D eigenvalue weighted by atomic mass is 9.99. The van der Waals surface area contributed by atoms with Gasteiger partial charge >= 0.3 is 0 Å². The van der Waals surface area contributed by atoms with Gasteiger partial charge in [-0.15, -0.1) is 0 Å². The first kappa shape index (κ1) is 11.9. The highest BCUT2D eigenvalue weighted by atomic mass is 19.3. The van der Waals surface area contributed by atoms with Gasteiger partial charge in [0.1, 0.15) is 0 Å². The Morgan fingerprint density at radius 2 is 2.21 bits per heavy atom. The summed E-state index contributed by atoms with van der Waals surface area (Å²) in [4.78, 5) is 0. The predicted octanol–water partition coefficient (Wildman–Crippen LogP) is 1.76. The molecule has 2 N–H and O–H groups in total. The number of rotatable bonds is 5. The Kier molecular flexibility index (Phi) is 5.33. The Hall–Kier alpha value is -0.220. The Balaban J connectivity index is 2.09. The van der Waals surface area contributed by atoms with Gasteiger partial charge in [0, 0.05) is 12.1 Å². The quantitative estimate of drug-likeness (QED) is 0.716. The molecule has 0 aliphatic carbocycles. The molecule has 4 heteroatoms. The molecule has 1 aliphatic rings. The highest BCUT2D eigenvalue weighted by Gasteiger charge is 2.16. The van der Waals surface area contributed by atoms with Gasteiger partial charge in [-0.3, -0.25) is 0 Å². The highest BCUT2D eigenvalue weighted by Crippen LogP contribution is 2.11. The van der Waals surface area contributed by atoms with Gasteiger partial charge in [0.25, 0.3) is 6.43 Å². The molecule has 2 unspecified atom stereocenters. The number of piperidine rings is 1. The second kappa shape index (κ2) is 6.30. The third-order valence-corrected chi connectivity index (χ3v) is 2.67. The Morgan fingerprint density at radius 1 is 1.43 bits per heavy atom. The zero-order valence-electron chi connectivity index (χ0n) is 8.73. The SMILES string of the molecule is CC(CC1CCCCN1)NCC(F)F. The highest BCUT2D eigenvalue weighted by molar-refractivity contribution is 4.76. The molecule has 0 amide bonds. The fourth-order valence-electron chi connectivity index (χ4n) is 1.93. The molecule has 0 radical (unpaired) electrons. The van der Waals surface area contributed by atoms with Crippen molar-refractivity contribution in [1.82, 2.24) is 10.6 Å². The van der Waals surface area contributed by atoms with Crippen LogP contribution in [0.1, 0.15) is 32.6 Å². The standard InChI is InChI=1S/C10H20F2N2/c1-8(14-7-10(11)12)6-9-4-2-3-5-13-9/h8-10,13-14H,2-7H2,1H3. The lowest BCUT2D eigenvalue weighted by Crippen LogP contribution is -2.40. The van der Waals surface area contributed by atoms with E-state index in [1.54, 1.807) is 0 Å². The number of hydrogen-bond acceptors (Lipinski definition) is 2. The van der Waals surface area contributed by atoms with Crippen LogP contribution in [0.3, 0.4) is 0 Å². The average Bonchev–Trinajstić information content (AvgIpc) is 2.16. The van der Waals surface area contributed by atoms with Crippen molar-refractivity contribution < 1.29 is 8.78 Å². The van der Waals surface area contributed by atoms with Crippen molar-refractivity contribution in [2.24, 2.45) is 0 Å². The maximum atomic E-state index is 11.9. The molecule has 14 heavy (non-hydrogen) atoms. The maximum Gasteiger partial charge on any atom is 0.250 e. The molecule has 1 saturated heterocycles. The third kappa shape index (κ3) is 4.86. The van der Waals surface area contributed by atoms with E-state index in [1.165, 1.54) is 19.3 Å². The summed E-state index contributed by atoms with van der Waals surface area (Å²) in [6, 6.07) is 0.698. The van der Waals surface area contributed by atoms with Crippen molar-refractivity contribution in [2.45, 2.75) is 51.1 Å². The van der Waals surface area contributed by atoms with Gasteiger partial charge in [-0.05, 0) is 32.7 Å². The second-order valence-corrected chi connectivity index (χ2v) is 4.08. The molecule has 1 rings (SSSR count). The van der Waals surface area contributed by atoms with Crippen LogP contribution in [0.2, 0.25) is 0 Å². The van der Waals surface area contributed by atoms with Gasteiger partial charge < -0.3 is 10.6 Å². The summed E-state index contributed by atoms with van der Waals surface area (Å²) in [5.41, 5.74) is 0. The van der Waals surface area contributed by atoms with Gasteiger partial charge in [-0.1, -0.05) is 6.42 Å². The first-order chi connectivity index (χ1) is 6.68. The fourth-order valence-corrected chi connectivity index (χ4v) is 1.93.